The van der Waals surface area contributed by atoms with Gasteiger partial charge in [-0.1, -0.05) is 6.92 Å². The molecule has 4 N–H and O–H groups in total. The summed E-state index contributed by atoms with van der Waals surface area (Å²) in [5.41, 5.74) is 2.16. The first-order chi connectivity index (χ1) is 8.02. The molecule has 0 aromatic heterocycles. The molecular formula is C11H22N4O2. The van der Waals surface area contributed by atoms with Gasteiger partial charge in [-0.3, -0.25) is 19.9 Å². The third kappa shape index (κ3) is 2.95. The largest absolute Gasteiger partial charge is 0.358 e. The number of hydrazine groups is 1. The molecule has 1 saturated heterocycles. The third-order valence-corrected chi connectivity index (χ3v) is 3.65. The number of nitrogens with one attached hydrogen (secondary N) is 2. The van der Waals surface area contributed by atoms with Crippen molar-refractivity contribution in [2.75, 3.05) is 13.6 Å². The van der Waals surface area contributed by atoms with Gasteiger partial charge in [0.25, 0.3) is 0 Å². The maximum atomic E-state index is 11.7. The van der Waals surface area contributed by atoms with E-state index < -0.39 is 0 Å². The number of hydrogen-bond donors (Lipinski definition) is 3. The molecule has 1 aliphatic heterocycles. The molecule has 3 unspecified atom stereocenters. The Morgan fingerprint density at radius 3 is 2.59 bits per heavy atom. The van der Waals surface area contributed by atoms with Crippen LogP contribution in [0, 0.1) is 5.92 Å². The Hall–Kier alpha value is -1.14. The predicted octanol–water partition coefficient (Wildman–Crippen LogP) is -0.789. The molecule has 0 spiro atoms. The van der Waals surface area contributed by atoms with Crippen LogP contribution in [0.2, 0.25) is 0 Å². The van der Waals surface area contributed by atoms with E-state index >= 15 is 0 Å². The Balaban J connectivity index is 2.70. The number of rotatable bonds is 4. The monoisotopic (exact) mass is 242 g/mol. The number of nitrogens with zero attached hydrogens (tertiary/aromatic N) is 1. The first kappa shape index (κ1) is 13.9. The summed E-state index contributed by atoms with van der Waals surface area (Å²) in [5, 5.41) is 2.67. The third-order valence-electron chi connectivity index (χ3n) is 3.65. The predicted molar refractivity (Wildman–Crippen MR) is 64.8 cm³/mol. The lowest BCUT2D eigenvalue weighted by atomic mass is 10.0. The summed E-state index contributed by atoms with van der Waals surface area (Å²) in [6, 6.07) is -0.119. The van der Waals surface area contributed by atoms with Gasteiger partial charge in [0.05, 0.1) is 12.0 Å². The number of likely N-dealkylation sites (N-methyl/N-ethyl adjacent to an activating group) is 1. The number of amides is 2. The van der Waals surface area contributed by atoms with Crippen LogP contribution in [-0.4, -0.2) is 42.4 Å². The summed E-state index contributed by atoms with van der Waals surface area (Å²) in [6.07, 6.45) is 1.83. The zero-order valence-corrected chi connectivity index (χ0v) is 10.7. The Labute approximate surface area is 102 Å². The first-order valence-corrected chi connectivity index (χ1v) is 6.00. The maximum Gasteiger partial charge on any atom is 0.238 e. The average Bonchev–Trinajstić information content (AvgIpc) is 2.83. The molecule has 98 valence electrons. The van der Waals surface area contributed by atoms with E-state index in [9.17, 15) is 9.59 Å². The van der Waals surface area contributed by atoms with E-state index in [2.05, 4.69) is 15.6 Å². The quantitative estimate of drug-likeness (QED) is 0.342. The van der Waals surface area contributed by atoms with E-state index in [-0.39, 0.29) is 29.8 Å². The van der Waals surface area contributed by atoms with Crippen LogP contribution in [0.4, 0.5) is 0 Å². The van der Waals surface area contributed by atoms with Crippen molar-refractivity contribution in [3.05, 3.63) is 0 Å². The minimum absolute atomic E-state index is 0.00310. The van der Waals surface area contributed by atoms with Gasteiger partial charge >= 0.3 is 0 Å². The molecule has 3 atom stereocenters. The van der Waals surface area contributed by atoms with Crippen LogP contribution in [0.15, 0.2) is 0 Å². The van der Waals surface area contributed by atoms with Gasteiger partial charge in [-0.15, -0.1) is 0 Å². The van der Waals surface area contributed by atoms with E-state index in [4.69, 9.17) is 5.84 Å². The highest BCUT2D eigenvalue weighted by molar-refractivity contribution is 5.82. The Bertz CT molecular complexity index is 295. The van der Waals surface area contributed by atoms with Crippen molar-refractivity contribution in [1.29, 1.82) is 0 Å². The van der Waals surface area contributed by atoms with Gasteiger partial charge in [0.2, 0.25) is 11.8 Å². The molecule has 1 heterocycles. The van der Waals surface area contributed by atoms with Gasteiger partial charge in [-0.05, 0) is 26.3 Å². The molecule has 1 rings (SSSR count). The summed E-state index contributed by atoms with van der Waals surface area (Å²) in [7, 11) is 1.64. The zero-order valence-electron chi connectivity index (χ0n) is 10.7. The number of likely N-dealkylation sites (tertiary alicyclic amines) is 1. The normalized spacial score (nSPS) is 24.1. The summed E-state index contributed by atoms with van der Waals surface area (Å²) < 4.78 is 0. The van der Waals surface area contributed by atoms with Crippen molar-refractivity contribution < 1.29 is 9.59 Å². The lowest BCUT2D eigenvalue weighted by Gasteiger charge is -2.32. The SMILES string of the molecule is CNC(=O)C1CCCN1C(C)C(C)C(=O)NN. The highest BCUT2D eigenvalue weighted by atomic mass is 16.2. The van der Waals surface area contributed by atoms with Gasteiger partial charge < -0.3 is 5.32 Å². The summed E-state index contributed by atoms with van der Waals surface area (Å²) in [4.78, 5) is 25.3. The van der Waals surface area contributed by atoms with Crippen molar-refractivity contribution in [2.24, 2.45) is 11.8 Å². The number of nitrogens with two attached hydrogens (primary N) is 1. The molecular weight excluding hydrogens is 220 g/mol. The Kier molecular flexibility index (Phi) is 4.89. The van der Waals surface area contributed by atoms with E-state index in [0.29, 0.717) is 0 Å². The van der Waals surface area contributed by atoms with Crippen molar-refractivity contribution >= 4 is 11.8 Å². The lowest BCUT2D eigenvalue weighted by Crippen LogP contribution is -2.51. The van der Waals surface area contributed by atoms with Crippen LogP contribution in [0.5, 0.6) is 0 Å². The molecule has 17 heavy (non-hydrogen) atoms. The minimum Gasteiger partial charge on any atom is -0.358 e. The molecule has 1 aliphatic rings. The zero-order chi connectivity index (χ0) is 13.0. The number of carbonyl (C=O) groups excluding carboxylic acids is 2. The van der Waals surface area contributed by atoms with Crippen molar-refractivity contribution in [2.45, 2.75) is 38.8 Å². The van der Waals surface area contributed by atoms with Crippen molar-refractivity contribution in [3.63, 3.8) is 0 Å². The van der Waals surface area contributed by atoms with Crippen LogP contribution in [0.3, 0.4) is 0 Å². The van der Waals surface area contributed by atoms with Crippen LogP contribution in [0.25, 0.3) is 0 Å². The maximum absolute atomic E-state index is 11.7. The Morgan fingerprint density at radius 1 is 1.41 bits per heavy atom. The fraction of sp³-hybridized carbons (Fsp3) is 0.818. The molecule has 0 aliphatic carbocycles. The Morgan fingerprint density at radius 2 is 2.06 bits per heavy atom. The van der Waals surface area contributed by atoms with Crippen molar-refractivity contribution in [3.8, 4) is 0 Å². The van der Waals surface area contributed by atoms with E-state index in [0.717, 1.165) is 19.4 Å². The van der Waals surface area contributed by atoms with Gasteiger partial charge in [-0.25, -0.2) is 5.84 Å². The van der Waals surface area contributed by atoms with Crippen molar-refractivity contribution in [1.82, 2.24) is 15.6 Å². The second-order valence-corrected chi connectivity index (χ2v) is 4.55. The highest BCUT2D eigenvalue weighted by Gasteiger charge is 2.36. The molecule has 0 aromatic rings. The number of hydrogen-bond acceptors (Lipinski definition) is 4. The molecule has 2 amide bonds. The highest BCUT2D eigenvalue weighted by Crippen LogP contribution is 2.23. The van der Waals surface area contributed by atoms with Gasteiger partial charge in [-0.2, -0.15) is 0 Å². The fourth-order valence-electron chi connectivity index (χ4n) is 2.36. The molecule has 0 saturated carbocycles. The van der Waals surface area contributed by atoms with Gasteiger partial charge in [0.1, 0.15) is 0 Å². The minimum atomic E-state index is -0.231. The van der Waals surface area contributed by atoms with Crippen LogP contribution >= 0.6 is 0 Å². The van der Waals surface area contributed by atoms with E-state index in [1.54, 1.807) is 7.05 Å². The molecule has 1 fully saturated rings. The summed E-state index contributed by atoms with van der Waals surface area (Å²) >= 11 is 0. The topological polar surface area (TPSA) is 87.5 Å². The molecule has 0 bridgehead atoms. The molecule has 0 aromatic carbocycles. The molecule has 6 nitrogen and oxygen atoms in total. The van der Waals surface area contributed by atoms with E-state index in [1.165, 1.54) is 0 Å². The standard InChI is InChI=1S/C11H22N4O2/c1-7(10(16)14-12)8(2)15-6-4-5-9(15)11(17)13-3/h7-9H,4-6,12H2,1-3H3,(H,13,17)(H,14,16). The fourth-order valence-corrected chi connectivity index (χ4v) is 2.36. The van der Waals surface area contributed by atoms with Crippen LogP contribution in [0.1, 0.15) is 26.7 Å². The van der Waals surface area contributed by atoms with Gasteiger partial charge in [0.15, 0.2) is 0 Å². The second kappa shape index (κ2) is 5.97. The average molecular weight is 242 g/mol. The number of carbonyl (C=O) groups is 2. The molecule has 6 heteroatoms. The first-order valence-electron chi connectivity index (χ1n) is 6.00. The smallest absolute Gasteiger partial charge is 0.238 e. The van der Waals surface area contributed by atoms with E-state index in [1.807, 2.05) is 13.8 Å². The second-order valence-electron chi connectivity index (χ2n) is 4.55. The summed E-state index contributed by atoms with van der Waals surface area (Å²) in [6.45, 7) is 4.63. The van der Waals surface area contributed by atoms with Crippen LogP contribution < -0.4 is 16.6 Å². The molecule has 0 radical (unpaired) electrons. The summed E-state index contributed by atoms with van der Waals surface area (Å²) in [5.74, 6) is 4.73. The van der Waals surface area contributed by atoms with Gasteiger partial charge in [0, 0.05) is 13.1 Å². The van der Waals surface area contributed by atoms with Crippen LogP contribution in [-0.2, 0) is 9.59 Å². The lowest BCUT2D eigenvalue weighted by molar-refractivity contribution is -0.130.